The van der Waals surface area contributed by atoms with E-state index in [1.165, 1.54) is 7.11 Å². The topological polar surface area (TPSA) is 69.0 Å². The van der Waals surface area contributed by atoms with Gasteiger partial charge in [0.1, 0.15) is 0 Å². The Bertz CT molecular complexity index is 976. The molecule has 3 heterocycles. The van der Waals surface area contributed by atoms with E-state index >= 15 is 0 Å². The van der Waals surface area contributed by atoms with E-state index < -0.39 is 0 Å². The molecule has 25 heavy (non-hydrogen) atoms. The number of carbonyl (C=O) groups is 1. The molecule has 1 N–H and O–H groups in total. The van der Waals surface area contributed by atoms with Gasteiger partial charge in [-0.2, -0.15) is 0 Å². The van der Waals surface area contributed by atoms with Crippen LogP contribution in [0.5, 0.6) is 0 Å². The summed E-state index contributed by atoms with van der Waals surface area (Å²) < 4.78 is 7.13. The van der Waals surface area contributed by atoms with Crippen molar-refractivity contribution in [3.05, 3.63) is 65.6 Å². The number of para-hydroxylation sites is 2. The molecule has 0 saturated heterocycles. The van der Waals surface area contributed by atoms with Crippen molar-refractivity contribution in [3.63, 3.8) is 0 Å². The van der Waals surface area contributed by atoms with Crippen LogP contribution in [0.1, 0.15) is 24.9 Å². The Labute approximate surface area is 145 Å². The lowest BCUT2D eigenvalue weighted by Gasteiger charge is -2.30. The molecule has 1 unspecified atom stereocenters. The minimum absolute atomic E-state index is 0.334. The molecule has 126 valence electrons. The normalized spacial score (nSPS) is 16.5. The van der Waals surface area contributed by atoms with E-state index in [-0.39, 0.29) is 12.0 Å². The van der Waals surface area contributed by atoms with Gasteiger partial charge in [-0.25, -0.2) is 9.78 Å². The number of benzene rings is 1. The number of hydrogen-bond acceptors (Lipinski definition) is 5. The molecule has 0 amide bonds. The summed E-state index contributed by atoms with van der Waals surface area (Å²) in [6, 6.07) is 11.4. The third kappa shape index (κ3) is 2.38. The molecule has 1 aliphatic heterocycles. The molecular formula is C19H18N4O2. The second-order valence-corrected chi connectivity index (χ2v) is 5.85. The highest BCUT2D eigenvalue weighted by Gasteiger charge is 2.35. The largest absolute Gasteiger partial charge is 0.466 e. The van der Waals surface area contributed by atoms with Crippen molar-refractivity contribution in [2.45, 2.75) is 19.4 Å². The zero-order chi connectivity index (χ0) is 17.4. The number of anilines is 1. The van der Waals surface area contributed by atoms with Crippen LogP contribution >= 0.6 is 0 Å². The molecule has 0 spiro atoms. The zero-order valence-electron chi connectivity index (χ0n) is 14.1. The molecule has 0 aliphatic carbocycles. The van der Waals surface area contributed by atoms with Gasteiger partial charge in [0.05, 0.1) is 29.8 Å². The van der Waals surface area contributed by atoms with E-state index in [9.17, 15) is 4.79 Å². The van der Waals surface area contributed by atoms with E-state index in [0.29, 0.717) is 12.0 Å². The second-order valence-electron chi connectivity index (χ2n) is 5.85. The Balaban J connectivity index is 2.03. The quantitative estimate of drug-likeness (QED) is 0.745. The maximum atomic E-state index is 12.6. The lowest BCUT2D eigenvalue weighted by atomic mass is 9.95. The number of fused-ring (bicyclic) bond motifs is 3. The van der Waals surface area contributed by atoms with Crippen LogP contribution in [0.3, 0.4) is 0 Å². The van der Waals surface area contributed by atoms with Crippen molar-refractivity contribution < 1.29 is 9.53 Å². The highest BCUT2D eigenvalue weighted by atomic mass is 16.5. The first-order valence-electron chi connectivity index (χ1n) is 8.19. The minimum Gasteiger partial charge on any atom is -0.466 e. The predicted molar refractivity (Wildman–Crippen MR) is 95.1 cm³/mol. The number of hydrogen-bond donors (Lipinski definition) is 1. The fraction of sp³-hybridized carbons (Fsp3) is 0.211. The number of esters is 1. The molecule has 0 bridgehead atoms. The number of ether oxygens (including phenoxy) is 1. The van der Waals surface area contributed by atoms with Gasteiger partial charge < -0.3 is 10.1 Å². The maximum Gasteiger partial charge on any atom is 0.338 e. The molecule has 1 aliphatic rings. The summed E-state index contributed by atoms with van der Waals surface area (Å²) in [5.74, 6) is 0.376. The van der Waals surface area contributed by atoms with Gasteiger partial charge in [0.2, 0.25) is 5.95 Å². The Morgan fingerprint density at radius 1 is 1.28 bits per heavy atom. The van der Waals surface area contributed by atoms with E-state index in [4.69, 9.17) is 9.72 Å². The van der Waals surface area contributed by atoms with Crippen LogP contribution in [0.15, 0.2) is 60.1 Å². The van der Waals surface area contributed by atoms with Gasteiger partial charge in [-0.05, 0) is 30.2 Å². The van der Waals surface area contributed by atoms with E-state index in [1.54, 1.807) is 12.4 Å². The molecule has 2 aromatic heterocycles. The Hall–Kier alpha value is -3.15. The third-order valence-electron chi connectivity index (χ3n) is 4.47. The van der Waals surface area contributed by atoms with Crippen molar-refractivity contribution in [2.75, 3.05) is 12.4 Å². The number of nitrogens with one attached hydrogen (secondary N) is 1. The van der Waals surface area contributed by atoms with Gasteiger partial charge in [0.25, 0.3) is 0 Å². The molecule has 3 aromatic rings. The summed E-state index contributed by atoms with van der Waals surface area (Å²) in [7, 11) is 1.41. The maximum absolute atomic E-state index is 12.6. The SMILES string of the molecule is CCC1=C(C(=O)OC)C(c2cccnc2)n2c(nc3ccccc32)N1. The summed E-state index contributed by atoms with van der Waals surface area (Å²) >= 11 is 0. The number of aromatic nitrogens is 3. The average molecular weight is 334 g/mol. The summed E-state index contributed by atoms with van der Waals surface area (Å²) in [4.78, 5) is 21.5. The molecule has 1 atom stereocenters. The van der Waals surface area contributed by atoms with Crippen LogP contribution in [-0.2, 0) is 9.53 Å². The second kappa shape index (κ2) is 6.05. The van der Waals surface area contributed by atoms with Gasteiger partial charge in [-0.3, -0.25) is 9.55 Å². The first kappa shape index (κ1) is 15.4. The first-order chi connectivity index (χ1) is 12.2. The molecule has 1 aromatic carbocycles. The van der Waals surface area contributed by atoms with Gasteiger partial charge in [-0.1, -0.05) is 25.1 Å². The van der Waals surface area contributed by atoms with E-state index in [2.05, 4.69) is 10.3 Å². The monoisotopic (exact) mass is 334 g/mol. The summed E-state index contributed by atoms with van der Waals surface area (Å²) in [5, 5.41) is 3.31. The van der Waals surface area contributed by atoms with Crippen LogP contribution in [0, 0.1) is 0 Å². The van der Waals surface area contributed by atoms with Crippen molar-refractivity contribution in [1.82, 2.24) is 14.5 Å². The van der Waals surface area contributed by atoms with E-state index in [1.807, 2.05) is 47.9 Å². The number of allylic oxidation sites excluding steroid dienone is 1. The van der Waals surface area contributed by atoms with Crippen molar-refractivity contribution in [2.24, 2.45) is 0 Å². The molecule has 6 heteroatoms. The average Bonchev–Trinajstić information content (AvgIpc) is 3.04. The Kier molecular flexibility index (Phi) is 3.72. The third-order valence-corrected chi connectivity index (χ3v) is 4.47. The number of imidazole rings is 1. The van der Waals surface area contributed by atoms with Gasteiger partial charge in [0.15, 0.2) is 0 Å². The number of methoxy groups -OCH3 is 1. The number of nitrogens with zero attached hydrogens (tertiary/aromatic N) is 3. The van der Waals surface area contributed by atoms with E-state index in [0.717, 1.165) is 28.2 Å². The first-order valence-corrected chi connectivity index (χ1v) is 8.19. The summed E-state index contributed by atoms with van der Waals surface area (Å²) in [5.41, 5.74) is 4.16. The molecule has 0 radical (unpaired) electrons. The van der Waals surface area contributed by atoms with Crippen molar-refractivity contribution in [3.8, 4) is 0 Å². The smallest absolute Gasteiger partial charge is 0.338 e. The van der Waals surface area contributed by atoms with Crippen molar-refractivity contribution in [1.29, 1.82) is 0 Å². The van der Waals surface area contributed by atoms with Crippen LogP contribution in [0.2, 0.25) is 0 Å². The fourth-order valence-corrected chi connectivity index (χ4v) is 3.37. The lowest BCUT2D eigenvalue weighted by Crippen LogP contribution is -2.29. The lowest BCUT2D eigenvalue weighted by molar-refractivity contribution is -0.136. The Morgan fingerprint density at radius 2 is 2.12 bits per heavy atom. The zero-order valence-corrected chi connectivity index (χ0v) is 14.1. The van der Waals surface area contributed by atoms with Gasteiger partial charge >= 0.3 is 5.97 Å². The molecule has 6 nitrogen and oxygen atoms in total. The number of pyridine rings is 1. The minimum atomic E-state index is -0.346. The number of carbonyl (C=O) groups excluding carboxylic acids is 1. The molecular weight excluding hydrogens is 316 g/mol. The van der Waals surface area contributed by atoms with Crippen LogP contribution in [-0.4, -0.2) is 27.6 Å². The van der Waals surface area contributed by atoms with Crippen molar-refractivity contribution >= 4 is 23.0 Å². The molecule has 0 saturated carbocycles. The van der Waals surface area contributed by atoms with Crippen LogP contribution in [0.4, 0.5) is 5.95 Å². The van der Waals surface area contributed by atoms with Crippen LogP contribution in [0.25, 0.3) is 11.0 Å². The fourth-order valence-electron chi connectivity index (χ4n) is 3.37. The number of rotatable bonds is 3. The van der Waals surface area contributed by atoms with Crippen LogP contribution < -0.4 is 5.32 Å². The Morgan fingerprint density at radius 3 is 2.84 bits per heavy atom. The summed E-state index contributed by atoms with van der Waals surface area (Å²) in [6.45, 7) is 2.00. The molecule has 4 rings (SSSR count). The highest BCUT2D eigenvalue weighted by molar-refractivity contribution is 5.94. The summed E-state index contributed by atoms with van der Waals surface area (Å²) in [6.07, 6.45) is 4.18. The standard InChI is InChI=1S/C19H18N4O2/c1-3-13-16(18(24)25-2)17(12-7-6-10-20-11-12)23-15-9-5-4-8-14(15)22-19(23)21-13/h4-11,17H,3H2,1-2H3,(H,21,22). The molecule has 0 fully saturated rings. The van der Waals surface area contributed by atoms with Gasteiger partial charge in [-0.15, -0.1) is 0 Å². The predicted octanol–water partition coefficient (Wildman–Crippen LogP) is 3.28. The highest BCUT2D eigenvalue weighted by Crippen LogP contribution is 2.39. The van der Waals surface area contributed by atoms with Gasteiger partial charge in [0, 0.05) is 18.1 Å².